The monoisotopic (exact) mass is 352 g/mol. The Kier molecular flexibility index (Phi) is 5.90. The highest BCUT2D eigenvalue weighted by atomic mass is 32.2. The van der Waals surface area contributed by atoms with Gasteiger partial charge in [-0.25, -0.2) is 4.79 Å². The van der Waals surface area contributed by atoms with Crippen LogP contribution in [-0.2, 0) is 4.79 Å². The molecule has 128 valence electrons. The Bertz CT molecular complexity index is 760. The summed E-state index contributed by atoms with van der Waals surface area (Å²) in [6.45, 7) is 2.25. The average Bonchev–Trinajstić information content (AvgIpc) is 3.24. The summed E-state index contributed by atoms with van der Waals surface area (Å²) < 4.78 is 0. The molecule has 4 nitrogen and oxygen atoms in total. The van der Waals surface area contributed by atoms with Gasteiger partial charge >= 0.3 is 5.97 Å². The number of aliphatic imine (C=N–C) groups is 1. The van der Waals surface area contributed by atoms with Crippen LogP contribution in [0.1, 0.15) is 17.2 Å². The van der Waals surface area contributed by atoms with Gasteiger partial charge in [0.25, 0.3) is 0 Å². The molecule has 0 amide bonds. The Morgan fingerprint density at radius 1 is 1.12 bits per heavy atom. The maximum Gasteiger partial charge on any atom is 0.328 e. The third kappa shape index (κ3) is 4.97. The lowest BCUT2D eigenvalue weighted by Crippen LogP contribution is -2.21. The molecule has 2 heterocycles. The summed E-state index contributed by atoms with van der Waals surface area (Å²) in [5.41, 5.74) is 2.24. The summed E-state index contributed by atoms with van der Waals surface area (Å²) in [6.07, 6.45) is 2.68. The lowest BCUT2D eigenvalue weighted by atomic mass is 10.1. The normalized spacial score (nSPS) is 18.5. The molecule has 25 heavy (non-hydrogen) atoms. The summed E-state index contributed by atoms with van der Waals surface area (Å²) in [7, 11) is 0. The van der Waals surface area contributed by atoms with Crippen LogP contribution in [0.2, 0.25) is 0 Å². The van der Waals surface area contributed by atoms with Crippen LogP contribution in [0.4, 0.5) is 0 Å². The number of hydrogen-bond acceptors (Lipinski definition) is 4. The molecule has 4 rings (SSSR count). The van der Waals surface area contributed by atoms with Crippen LogP contribution in [0, 0.1) is 0 Å². The number of carboxylic acid groups (broad SMARTS) is 1. The van der Waals surface area contributed by atoms with Crippen LogP contribution < -0.4 is 0 Å². The highest BCUT2D eigenvalue weighted by molar-refractivity contribution is 8.14. The van der Waals surface area contributed by atoms with Gasteiger partial charge in [0.2, 0.25) is 0 Å². The molecule has 2 aromatic carbocycles. The van der Waals surface area contributed by atoms with Crippen LogP contribution in [-0.4, -0.2) is 40.0 Å². The van der Waals surface area contributed by atoms with Gasteiger partial charge in [-0.05, 0) is 17.2 Å². The van der Waals surface area contributed by atoms with Crippen LogP contribution in [0.15, 0.2) is 71.7 Å². The standard InChI is InChI=1S/C11H12N2S.C9H8O2/c1-2-4-9(5-3-1)10-8-13-6-7-14-11(13)12-10;10-9(11)7-6-8-4-2-1-3-5-8/h1-5,10H,6-8H2;1-7H,(H,10,11)/b;7-6+/t10-;/m1./s1. The molecule has 0 bridgehead atoms. The fourth-order valence-electron chi connectivity index (χ4n) is 2.69. The van der Waals surface area contributed by atoms with E-state index >= 15 is 0 Å². The molecule has 1 saturated heterocycles. The van der Waals surface area contributed by atoms with Crippen molar-refractivity contribution in [3.05, 3.63) is 77.9 Å². The molecule has 1 N–H and O–H groups in total. The summed E-state index contributed by atoms with van der Waals surface area (Å²) in [4.78, 5) is 17.2. The van der Waals surface area contributed by atoms with E-state index in [0.717, 1.165) is 18.2 Å². The van der Waals surface area contributed by atoms with E-state index in [9.17, 15) is 4.79 Å². The van der Waals surface area contributed by atoms with Crippen LogP contribution in [0.5, 0.6) is 0 Å². The number of thioether (sulfide) groups is 1. The van der Waals surface area contributed by atoms with Crippen molar-refractivity contribution in [2.24, 2.45) is 4.99 Å². The van der Waals surface area contributed by atoms with Gasteiger partial charge in [-0.3, -0.25) is 4.99 Å². The fraction of sp³-hybridized carbons (Fsp3) is 0.200. The summed E-state index contributed by atoms with van der Waals surface area (Å²) >= 11 is 1.89. The van der Waals surface area contributed by atoms with E-state index in [0.29, 0.717) is 6.04 Å². The van der Waals surface area contributed by atoms with Gasteiger partial charge in [-0.15, -0.1) is 0 Å². The smallest absolute Gasteiger partial charge is 0.328 e. The van der Waals surface area contributed by atoms with Crippen LogP contribution in [0.25, 0.3) is 6.08 Å². The van der Waals surface area contributed by atoms with E-state index in [1.165, 1.54) is 23.0 Å². The van der Waals surface area contributed by atoms with E-state index in [2.05, 4.69) is 35.2 Å². The fourth-order valence-corrected chi connectivity index (χ4v) is 3.74. The Hall–Kier alpha value is -2.53. The molecule has 0 aromatic heterocycles. The van der Waals surface area contributed by atoms with Gasteiger partial charge in [0.1, 0.15) is 0 Å². The van der Waals surface area contributed by atoms with Gasteiger partial charge in [0, 0.05) is 24.9 Å². The van der Waals surface area contributed by atoms with Crippen molar-refractivity contribution < 1.29 is 9.90 Å². The Labute approximate surface area is 151 Å². The van der Waals surface area contributed by atoms with Crippen LogP contribution in [0.3, 0.4) is 0 Å². The second kappa shape index (κ2) is 8.53. The molecule has 0 unspecified atom stereocenters. The summed E-state index contributed by atoms with van der Waals surface area (Å²) in [5.74, 6) is 0.286. The van der Waals surface area contributed by atoms with E-state index in [-0.39, 0.29) is 0 Å². The zero-order valence-electron chi connectivity index (χ0n) is 13.8. The predicted octanol–water partition coefficient (Wildman–Crippen LogP) is 3.93. The third-order valence-corrected chi connectivity index (χ3v) is 4.93. The molecule has 5 heteroatoms. The number of amidine groups is 1. The van der Waals surface area contributed by atoms with Crippen molar-refractivity contribution in [1.29, 1.82) is 0 Å². The maximum absolute atomic E-state index is 10.1. The quantitative estimate of drug-likeness (QED) is 0.851. The molecule has 2 aliphatic rings. The van der Waals surface area contributed by atoms with E-state index in [1.54, 1.807) is 6.08 Å². The topological polar surface area (TPSA) is 52.9 Å². The third-order valence-electron chi connectivity index (χ3n) is 3.92. The number of hydrogen-bond donors (Lipinski definition) is 1. The highest BCUT2D eigenvalue weighted by Gasteiger charge is 2.29. The van der Waals surface area contributed by atoms with E-state index < -0.39 is 5.97 Å². The first-order valence-corrected chi connectivity index (χ1v) is 9.17. The molecular weight excluding hydrogens is 332 g/mol. The molecular formula is C20H20N2O2S. The zero-order chi connectivity index (χ0) is 17.5. The molecule has 0 radical (unpaired) electrons. The molecule has 1 fully saturated rings. The van der Waals surface area contributed by atoms with Crippen molar-refractivity contribution >= 4 is 29.0 Å². The number of rotatable bonds is 3. The molecule has 2 aliphatic heterocycles. The second-order valence-corrected chi connectivity index (χ2v) is 6.78. The predicted molar refractivity (Wildman–Crippen MR) is 104 cm³/mol. The van der Waals surface area contributed by atoms with Gasteiger partial charge in [-0.1, -0.05) is 72.4 Å². The zero-order valence-corrected chi connectivity index (χ0v) is 14.6. The van der Waals surface area contributed by atoms with Gasteiger partial charge in [0.05, 0.1) is 6.04 Å². The van der Waals surface area contributed by atoms with Crippen molar-refractivity contribution in [3.63, 3.8) is 0 Å². The molecule has 2 aromatic rings. The summed E-state index contributed by atoms with van der Waals surface area (Å²) in [6, 6.07) is 20.3. The Balaban J connectivity index is 0.000000151. The Morgan fingerprint density at radius 2 is 1.80 bits per heavy atom. The van der Waals surface area contributed by atoms with Crippen molar-refractivity contribution in [2.45, 2.75) is 6.04 Å². The van der Waals surface area contributed by atoms with Crippen LogP contribution >= 0.6 is 11.8 Å². The number of fused-ring (bicyclic) bond motifs is 1. The molecule has 0 spiro atoms. The number of carbonyl (C=O) groups is 1. The number of nitrogens with zero attached hydrogens (tertiary/aromatic N) is 2. The molecule has 1 atom stereocenters. The van der Waals surface area contributed by atoms with Gasteiger partial charge in [0.15, 0.2) is 5.17 Å². The first-order chi connectivity index (χ1) is 12.2. The second-order valence-electron chi connectivity index (χ2n) is 5.71. The van der Waals surface area contributed by atoms with Crippen molar-refractivity contribution in [2.75, 3.05) is 18.8 Å². The minimum absolute atomic E-state index is 0.374. The first kappa shape index (κ1) is 17.3. The molecule has 0 aliphatic carbocycles. The van der Waals surface area contributed by atoms with Gasteiger partial charge < -0.3 is 10.0 Å². The first-order valence-electron chi connectivity index (χ1n) is 8.19. The number of benzene rings is 2. The lowest BCUT2D eigenvalue weighted by Gasteiger charge is -2.12. The average molecular weight is 352 g/mol. The lowest BCUT2D eigenvalue weighted by molar-refractivity contribution is -0.131. The van der Waals surface area contributed by atoms with E-state index in [4.69, 9.17) is 10.1 Å². The maximum atomic E-state index is 10.1. The SMILES string of the molecule is O=C(O)/C=C/c1ccccc1.c1ccc([C@H]2CN3CCSC3=N2)cc1. The summed E-state index contributed by atoms with van der Waals surface area (Å²) in [5, 5.41) is 9.54. The largest absolute Gasteiger partial charge is 0.478 e. The molecule has 0 saturated carbocycles. The van der Waals surface area contributed by atoms with E-state index in [1.807, 2.05) is 42.1 Å². The highest BCUT2D eigenvalue weighted by Crippen LogP contribution is 2.31. The minimum Gasteiger partial charge on any atom is -0.478 e. The Morgan fingerprint density at radius 3 is 2.44 bits per heavy atom. The number of aliphatic carboxylic acids is 1. The van der Waals surface area contributed by atoms with Crippen molar-refractivity contribution in [3.8, 4) is 0 Å². The van der Waals surface area contributed by atoms with Gasteiger partial charge in [-0.2, -0.15) is 0 Å². The van der Waals surface area contributed by atoms with Crippen molar-refractivity contribution in [1.82, 2.24) is 4.90 Å². The number of carboxylic acids is 1. The minimum atomic E-state index is -0.922.